The molecule has 1 aliphatic heterocycles. The van der Waals surface area contributed by atoms with Crippen LogP contribution in [0.1, 0.15) is 19.3 Å². The van der Waals surface area contributed by atoms with Crippen molar-refractivity contribution in [3.05, 3.63) is 12.7 Å². The first-order valence-electron chi connectivity index (χ1n) is 4.27. The summed E-state index contributed by atoms with van der Waals surface area (Å²) in [5.74, 6) is 1.09. The average Bonchev–Trinajstić information content (AvgIpc) is 2.63. The Bertz CT molecular complexity index is 142. The predicted octanol–water partition coefficient (Wildman–Crippen LogP) is 1.66. The summed E-state index contributed by atoms with van der Waals surface area (Å²) in [6.07, 6.45) is 6.14. The first-order chi connectivity index (χ1) is 4.92. The van der Waals surface area contributed by atoms with Crippen LogP contribution >= 0.6 is 0 Å². The minimum atomic E-state index is 0.986. The van der Waals surface area contributed by atoms with Crippen molar-refractivity contribution in [1.29, 1.82) is 0 Å². The molecule has 0 bridgehead atoms. The van der Waals surface area contributed by atoms with E-state index in [2.05, 4.69) is 11.5 Å². The Morgan fingerprint density at radius 2 is 2.50 bits per heavy atom. The molecule has 0 aromatic carbocycles. The van der Waals surface area contributed by atoms with Crippen LogP contribution in [0, 0.1) is 5.92 Å². The summed E-state index contributed by atoms with van der Waals surface area (Å²) in [6.45, 7) is 6.34. The Morgan fingerprint density at radius 1 is 1.60 bits per heavy atom. The number of fused-ring (bicyclic) bond motifs is 1. The molecular weight excluding hydrogens is 122 g/mol. The average molecular weight is 137 g/mol. The van der Waals surface area contributed by atoms with Gasteiger partial charge in [0.1, 0.15) is 0 Å². The van der Waals surface area contributed by atoms with E-state index in [1.807, 2.05) is 6.08 Å². The zero-order chi connectivity index (χ0) is 6.97. The highest BCUT2D eigenvalue weighted by atomic mass is 15.2. The monoisotopic (exact) mass is 137 g/mol. The minimum absolute atomic E-state index is 0.986. The van der Waals surface area contributed by atoms with Crippen molar-refractivity contribution in [2.75, 3.05) is 13.1 Å². The number of piperidine rings is 1. The van der Waals surface area contributed by atoms with Gasteiger partial charge in [-0.05, 0) is 31.7 Å². The lowest BCUT2D eigenvalue weighted by Crippen LogP contribution is -2.23. The molecule has 0 amide bonds. The van der Waals surface area contributed by atoms with E-state index in [0.717, 1.165) is 12.0 Å². The third-order valence-corrected chi connectivity index (χ3v) is 2.76. The molecule has 1 heteroatoms. The molecule has 0 aromatic heterocycles. The normalized spacial score (nSPS) is 37.6. The Morgan fingerprint density at radius 3 is 3.00 bits per heavy atom. The van der Waals surface area contributed by atoms with Gasteiger partial charge in [-0.2, -0.15) is 0 Å². The zero-order valence-electron chi connectivity index (χ0n) is 6.42. The number of rotatable bonds is 3. The van der Waals surface area contributed by atoms with Gasteiger partial charge < -0.3 is 0 Å². The lowest BCUT2D eigenvalue weighted by Gasteiger charge is -2.15. The molecule has 0 aromatic rings. The molecule has 1 saturated carbocycles. The molecule has 0 spiro atoms. The van der Waals surface area contributed by atoms with E-state index in [-0.39, 0.29) is 0 Å². The van der Waals surface area contributed by atoms with Crippen LogP contribution in [-0.4, -0.2) is 24.0 Å². The molecule has 1 aliphatic carbocycles. The Hall–Kier alpha value is -0.300. The molecule has 1 nitrogen and oxygen atoms in total. The maximum Gasteiger partial charge on any atom is 0.0128 e. The first-order valence-corrected chi connectivity index (χ1v) is 4.27. The van der Waals surface area contributed by atoms with Gasteiger partial charge in [0.15, 0.2) is 0 Å². The topological polar surface area (TPSA) is 3.24 Å². The van der Waals surface area contributed by atoms with Gasteiger partial charge in [0.2, 0.25) is 0 Å². The lowest BCUT2D eigenvalue weighted by molar-refractivity contribution is 0.306. The fourth-order valence-electron chi connectivity index (χ4n) is 2.02. The smallest absolute Gasteiger partial charge is 0.0128 e. The van der Waals surface area contributed by atoms with Crippen LogP contribution in [0.5, 0.6) is 0 Å². The van der Waals surface area contributed by atoms with E-state index in [9.17, 15) is 0 Å². The lowest BCUT2D eigenvalue weighted by atomic mass is 10.3. The van der Waals surface area contributed by atoms with Crippen molar-refractivity contribution in [3.8, 4) is 0 Å². The summed E-state index contributed by atoms with van der Waals surface area (Å²) in [5, 5.41) is 0. The van der Waals surface area contributed by atoms with E-state index in [4.69, 9.17) is 0 Å². The SMILES string of the molecule is C=CCCN1CCC2CC21. The summed E-state index contributed by atoms with van der Waals surface area (Å²) in [7, 11) is 0. The van der Waals surface area contributed by atoms with Gasteiger partial charge in [-0.3, -0.25) is 4.90 Å². The zero-order valence-corrected chi connectivity index (χ0v) is 6.42. The van der Waals surface area contributed by atoms with Gasteiger partial charge in [-0.25, -0.2) is 0 Å². The summed E-state index contributed by atoms with van der Waals surface area (Å²) < 4.78 is 0. The standard InChI is InChI=1S/C9H15N/c1-2-3-5-10-6-4-8-7-9(8)10/h2,8-9H,1,3-7H2. The molecule has 2 fully saturated rings. The number of nitrogens with zero attached hydrogens (tertiary/aromatic N) is 1. The molecule has 1 saturated heterocycles. The van der Waals surface area contributed by atoms with Crippen molar-refractivity contribution in [2.45, 2.75) is 25.3 Å². The minimum Gasteiger partial charge on any atom is -0.300 e. The highest BCUT2D eigenvalue weighted by molar-refractivity contribution is 5.01. The molecule has 2 rings (SSSR count). The Labute approximate surface area is 62.7 Å². The fourth-order valence-corrected chi connectivity index (χ4v) is 2.02. The van der Waals surface area contributed by atoms with E-state index in [1.165, 1.54) is 32.4 Å². The van der Waals surface area contributed by atoms with Crippen molar-refractivity contribution in [3.63, 3.8) is 0 Å². The predicted molar refractivity (Wildman–Crippen MR) is 42.9 cm³/mol. The van der Waals surface area contributed by atoms with Crippen LogP contribution in [0.3, 0.4) is 0 Å². The molecule has 2 unspecified atom stereocenters. The number of hydrogen-bond donors (Lipinski definition) is 0. The van der Waals surface area contributed by atoms with Crippen LogP contribution in [-0.2, 0) is 0 Å². The summed E-state index contributed by atoms with van der Waals surface area (Å²) >= 11 is 0. The maximum atomic E-state index is 3.73. The van der Waals surface area contributed by atoms with Gasteiger partial charge >= 0.3 is 0 Å². The maximum absolute atomic E-state index is 3.73. The van der Waals surface area contributed by atoms with Crippen molar-refractivity contribution >= 4 is 0 Å². The summed E-state index contributed by atoms with van der Waals surface area (Å²) in [5.41, 5.74) is 0. The first kappa shape index (κ1) is 6.41. The van der Waals surface area contributed by atoms with E-state index < -0.39 is 0 Å². The van der Waals surface area contributed by atoms with Crippen LogP contribution in [0.2, 0.25) is 0 Å². The second-order valence-corrected chi connectivity index (χ2v) is 3.47. The molecule has 10 heavy (non-hydrogen) atoms. The van der Waals surface area contributed by atoms with Gasteiger partial charge in [-0.15, -0.1) is 6.58 Å². The highest BCUT2D eigenvalue weighted by Gasteiger charge is 2.45. The molecule has 2 atom stereocenters. The number of hydrogen-bond acceptors (Lipinski definition) is 1. The molecular formula is C9H15N. The summed E-state index contributed by atoms with van der Waals surface area (Å²) in [6, 6.07) is 0.986. The van der Waals surface area contributed by atoms with Crippen LogP contribution in [0.15, 0.2) is 12.7 Å². The van der Waals surface area contributed by atoms with Gasteiger partial charge in [-0.1, -0.05) is 6.08 Å². The van der Waals surface area contributed by atoms with Crippen LogP contribution in [0.4, 0.5) is 0 Å². The highest BCUT2D eigenvalue weighted by Crippen LogP contribution is 2.44. The van der Waals surface area contributed by atoms with Crippen molar-refractivity contribution < 1.29 is 0 Å². The Kier molecular flexibility index (Phi) is 1.53. The number of likely N-dealkylation sites (tertiary alicyclic amines) is 1. The third kappa shape index (κ3) is 0.988. The molecule has 56 valence electrons. The second kappa shape index (κ2) is 2.39. The van der Waals surface area contributed by atoms with E-state index in [0.29, 0.717) is 0 Å². The molecule has 2 aliphatic rings. The largest absolute Gasteiger partial charge is 0.300 e. The fraction of sp³-hybridized carbons (Fsp3) is 0.778. The Balaban J connectivity index is 1.77. The molecule has 0 N–H and O–H groups in total. The third-order valence-electron chi connectivity index (χ3n) is 2.76. The van der Waals surface area contributed by atoms with Gasteiger partial charge in [0.25, 0.3) is 0 Å². The second-order valence-electron chi connectivity index (χ2n) is 3.47. The van der Waals surface area contributed by atoms with E-state index >= 15 is 0 Å². The quantitative estimate of drug-likeness (QED) is 0.535. The van der Waals surface area contributed by atoms with Crippen LogP contribution < -0.4 is 0 Å². The van der Waals surface area contributed by atoms with E-state index in [1.54, 1.807) is 0 Å². The van der Waals surface area contributed by atoms with Gasteiger partial charge in [0, 0.05) is 12.6 Å². The van der Waals surface area contributed by atoms with Crippen molar-refractivity contribution in [2.24, 2.45) is 5.92 Å². The van der Waals surface area contributed by atoms with Crippen LogP contribution in [0.25, 0.3) is 0 Å². The van der Waals surface area contributed by atoms with Crippen molar-refractivity contribution in [1.82, 2.24) is 4.90 Å². The van der Waals surface area contributed by atoms with Gasteiger partial charge in [0.05, 0.1) is 0 Å². The molecule has 0 radical (unpaired) electrons. The molecule has 1 heterocycles. The summed E-state index contributed by atoms with van der Waals surface area (Å²) in [4.78, 5) is 2.62.